The summed E-state index contributed by atoms with van der Waals surface area (Å²) in [5, 5.41) is 62.7. The van der Waals surface area contributed by atoms with E-state index < -0.39 is 92.0 Å². The molecule has 0 saturated carbocycles. The van der Waals surface area contributed by atoms with Crippen molar-refractivity contribution in [2.24, 2.45) is 0 Å². The minimum Gasteiger partial charge on any atom is -0.477 e. The maximum Gasteiger partial charge on any atom is 0.364 e. The van der Waals surface area contributed by atoms with Crippen molar-refractivity contribution in [3.05, 3.63) is 72.3 Å². The second-order valence-electron chi connectivity index (χ2n) is 16.0. The number of carbonyl (C=O) groups is 7. The number of aliphatic hydroxyl groups is 4. The van der Waals surface area contributed by atoms with Crippen LogP contribution >= 0.6 is 0 Å². The number of imide groups is 1. The maximum absolute atomic E-state index is 12.8. The molecule has 0 bridgehead atoms. The van der Waals surface area contributed by atoms with E-state index in [2.05, 4.69) is 21.3 Å². The molecule has 0 radical (unpaired) electrons. The van der Waals surface area contributed by atoms with Gasteiger partial charge >= 0.3 is 5.97 Å². The molecule has 6 amide bonds. The normalized spacial score (nSPS) is 19.5. The minimum absolute atomic E-state index is 0.00264. The summed E-state index contributed by atoms with van der Waals surface area (Å²) in [6.45, 7) is 0.571. The lowest BCUT2D eigenvalue weighted by Gasteiger charge is -2.46. The third kappa shape index (κ3) is 20.5. The van der Waals surface area contributed by atoms with Crippen LogP contribution in [0.25, 0.3) is 11.1 Å². The van der Waals surface area contributed by atoms with E-state index in [1.165, 1.54) is 0 Å². The number of hydrogen-bond acceptors (Lipinski definition) is 18. The second-order valence-corrected chi connectivity index (χ2v) is 16.0. The van der Waals surface area contributed by atoms with Crippen molar-refractivity contribution in [2.75, 3.05) is 105 Å². The standard InChI is InChI=1S/C47H65N5O19/c53-31-40(59)51-43-35(54)29-47(46(63)64,71-45(43)44(62)36(55)30-50-39(58)28-32-6-8-34(9-7-32)33-4-2-1-3-5-33)70-27-26-65-17-13-38(57)49-15-19-67-21-23-69-25-24-68-22-20-66-18-14-48-37(56)12-16-52-41(60)10-11-42(52)61/h1-11,35-36,43-45,53-55,62H,12-31H2,(H,48,56)(H,49,57)(H,50,58)(H,51,59)(H,63,64)/t35-,36+,43+,44+,45+,47+/m0/s1. The summed E-state index contributed by atoms with van der Waals surface area (Å²) in [5.74, 6) is -7.30. The summed E-state index contributed by atoms with van der Waals surface area (Å²) in [5.41, 5.74) is 2.62. The number of nitrogens with one attached hydrogen (secondary N) is 4. The molecule has 2 aliphatic rings. The highest BCUT2D eigenvalue weighted by molar-refractivity contribution is 6.13. The molecule has 2 aromatic carbocycles. The number of aliphatic hydroxyl groups excluding tert-OH is 4. The first-order valence-electron chi connectivity index (χ1n) is 23.1. The summed E-state index contributed by atoms with van der Waals surface area (Å²) in [4.78, 5) is 85.6. The smallest absolute Gasteiger partial charge is 0.364 e. The van der Waals surface area contributed by atoms with E-state index >= 15 is 0 Å². The molecule has 24 nitrogen and oxygen atoms in total. The average molecular weight is 1000 g/mol. The highest BCUT2D eigenvalue weighted by atomic mass is 16.7. The first-order valence-corrected chi connectivity index (χ1v) is 23.1. The van der Waals surface area contributed by atoms with Gasteiger partial charge in [-0.25, -0.2) is 4.79 Å². The van der Waals surface area contributed by atoms with Crippen LogP contribution in [0.4, 0.5) is 0 Å². The zero-order valence-electron chi connectivity index (χ0n) is 39.3. The Bertz CT molecular complexity index is 2010. The van der Waals surface area contributed by atoms with E-state index in [-0.39, 0.29) is 83.7 Å². The summed E-state index contributed by atoms with van der Waals surface area (Å²) < 4.78 is 38.4. The van der Waals surface area contributed by atoms with Crippen LogP contribution in [0, 0.1) is 0 Å². The van der Waals surface area contributed by atoms with Gasteiger partial charge in [0.05, 0.1) is 97.3 Å². The van der Waals surface area contributed by atoms with Crippen molar-refractivity contribution in [1.29, 1.82) is 0 Å². The van der Waals surface area contributed by atoms with Gasteiger partial charge in [0.2, 0.25) is 23.6 Å². The van der Waals surface area contributed by atoms with Crippen molar-refractivity contribution in [3.8, 4) is 11.1 Å². The number of aliphatic carboxylic acids is 1. The van der Waals surface area contributed by atoms with Crippen LogP contribution in [0.15, 0.2) is 66.7 Å². The molecule has 0 spiro atoms. The summed E-state index contributed by atoms with van der Waals surface area (Å²) in [6, 6.07) is 15.4. The molecule has 1 saturated heterocycles. The van der Waals surface area contributed by atoms with Gasteiger partial charge in [-0.05, 0) is 16.7 Å². The van der Waals surface area contributed by atoms with Crippen molar-refractivity contribution >= 4 is 41.4 Å². The average Bonchev–Trinajstić information content (AvgIpc) is 3.69. The predicted octanol–water partition coefficient (Wildman–Crippen LogP) is -2.82. The van der Waals surface area contributed by atoms with Crippen LogP contribution in [0.5, 0.6) is 0 Å². The van der Waals surface area contributed by atoms with Crippen molar-refractivity contribution < 1.29 is 92.3 Å². The first kappa shape index (κ1) is 57.8. The van der Waals surface area contributed by atoms with Crippen molar-refractivity contribution in [3.63, 3.8) is 0 Å². The summed E-state index contributed by atoms with van der Waals surface area (Å²) >= 11 is 0. The largest absolute Gasteiger partial charge is 0.477 e. The molecule has 6 atom stereocenters. The number of carboxylic acid groups (broad SMARTS) is 1. The highest BCUT2D eigenvalue weighted by Gasteiger charge is 2.56. The molecular weight excluding hydrogens is 939 g/mol. The van der Waals surface area contributed by atoms with Gasteiger partial charge in [0.25, 0.3) is 17.6 Å². The monoisotopic (exact) mass is 1000 g/mol. The van der Waals surface area contributed by atoms with Gasteiger partial charge < -0.3 is 80.0 Å². The quantitative estimate of drug-likeness (QED) is 0.0248. The first-order chi connectivity index (χ1) is 34.2. The number of hydrogen-bond donors (Lipinski definition) is 9. The van der Waals surface area contributed by atoms with Gasteiger partial charge in [-0.15, -0.1) is 0 Å². The minimum atomic E-state index is -2.59. The Hall–Kier alpha value is -5.77. The summed E-state index contributed by atoms with van der Waals surface area (Å²) in [7, 11) is 0. The molecule has 392 valence electrons. The molecule has 2 heterocycles. The zero-order valence-corrected chi connectivity index (χ0v) is 39.3. The van der Waals surface area contributed by atoms with Crippen LogP contribution in [0.2, 0.25) is 0 Å². The number of carbonyl (C=O) groups excluding carboxylic acids is 6. The maximum atomic E-state index is 12.8. The van der Waals surface area contributed by atoms with E-state index in [0.29, 0.717) is 38.6 Å². The molecule has 1 fully saturated rings. The molecule has 2 aromatic rings. The van der Waals surface area contributed by atoms with Gasteiger partial charge in [0, 0.05) is 57.6 Å². The van der Waals surface area contributed by atoms with Gasteiger partial charge in [0.1, 0.15) is 18.8 Å². The Morgan fingerprint density at radius 3 is 1.79 bits per heavy atom. The van der Waals surface area contributed by atoms with Gasteiger partial charge in [0.15, 0.2) is 0 Å². The van der Waals surface area contributed by atoms with Gasteiger partial charge in [-0.3, -0.25) is 33.7 Å². The molecule has 9 N–H and O–H groups in total. The topological polar surface area (TPSA) is 337 Å². The predicted molar refractivity (Wildman–Crippen MR) is 247 cm³/mol. The van der Waals surface area contributed by atoms with Gasteiger partial charge in [-0.1, -0.05) is 54.6 Å². The fourth-order valence-electron chi connectivity index (χ4n) is 7.06. The van der Waals surface area contributed by atoms with E-state index in [9.17, 15) is 59.1 Å². The van der Waals surface area contributed by atoms with E-state index in [1.54, 1.807) is 12.1 Å². The molecule has 2 aliphatic heterocycles. The fraction of sp³-hybridized carbons (Fsp3) is 0.553. The van der Waals surface area contributed by atoms with Crippen LogP contribution in [0.1, 0.15) is 24.8 Å². The van der Waals surface area contributed by atoms with Crippen molar-refractivity contribution in [2.45, 2.75) is 61.9 Å². The Labute approximate surface area is 409 Å². The molecule has 4 rings (SSSR count). The number of amides is 6. The molecule has 0 unspecified atom stereocenters. The lowest BCUT2D eigenvalue weighted by molar-refractivity contribution is -0.312. The number of carboxylic acids is 1. The third-order valence-corrected chi connectivity index (χ3v) is 10.8. The Kier molecular flexibility index (Phi) is 25.7. The lowest BCUT2D eigenvalue weighted by Crippen LogP contribution is -2.68. The number of benzene rings is 2. The highest BCUT2D eigenvalue weighted by Crippen LogP contribution is 2.33. The van der Waals surface area contributed by atoms with Crippen LogP contribution in [-0.4, -0.2) is 214 Å². The molecule has 0 aliphatic carbocycles. The molecule has 71 heavy (non-hydrogen) atoms. The SMILES string of the molecule is O=C(CCOCCO[C@]1(C(=O)O)C[C@H](O)[C@@H](NC(=O)CO)[C@H]([C@H](O)[C@H](O)CNC(=O)Cc2ccc(-c3ccccc3)cc2)O1)NCCOCCOCCOCCOCCNC(=O)CCN1C(=O)C=CC1=O. The van der Waals surface area contributed by atoms with Crippen molar-refractivity contribution in [1.82, 2.24) is 26.2 Å². The zero-order chi connectivity index (χ0) is 51.4. The fourth-order valence-corrected chi connectivity index (χ4v) is 7.06. The number of rotatable bonds is 35. The third-order valence-electron chi connectivity index (χ3n) is 10.8. The lowest BCUT2D eigenvalue weighted by atomic mass is 9.88. The van der Waals surface area contributed by atoms with E-state index in [4.69, 9.17) is 33.2 Å². The van der Waals surface area contributed by atoms with Crippen LogP contribution in [-0.2, 0) is 73.1 Å². The molecule has 0 aromatic heterocycles. The second kappa shape index (κ2) is 31.5. The number of ether oxygens (including phenoxy) is 7. The van der Waals surface area contributed by atoms with Crippen LogP contribution < -0.4 is 21.3 Å². The Balaban J connectivity index is 1.03. The van der Waals surface area contributed by atoms with E-state index in [1.807, 2.05) is 42.5 Å². The van der Waals surface area contributed by atoms with E-state index in [0.717, 1.165) is 28.2 Å². The van der Waals surface area contributed by atoms with Gasteiger partial charge in [-0.2, -0.15) is 0 Å². The molecule has 24 heteroatoms. The Morgan fingerprint density at radius 2 is 1.21 bits per heavy atom. The van der Waals surface area contributed by atoms with Crippen LogP contribution in [0.3, 0.4) is 0 Å². The number of nitrogens with zero attached hydrogens (tertiary/aromatic N) is 1. The molecular formula is C47H65N5O19. The summed E-state index contributed by atoms with van der Waals surface area (Å²) in [6.07, 6.45) is -5.85. The Morgan fingerprint density at radius 1 is 0.676 bits per heavy atom.